The number of hydrogen-bond acceptors (Lipinski definition) is 4. The van der Waals surface area contributed by atoms with Crippen LogP contribution in [0.4, 0.5) is 0 Å². The second kappa shape index (κ2) is 12.0. The predicted molar refractivity (Wildman–Crippen MR) is 74.7 cm³/mol. The maximum absolute atomic E-state index is 11.4. The van der Waals surface area contributed by atoms with Crippen LogP contribution in [-0.2, 0) is 19.1 Å². The van der Waals surface area contributed by atoms with E-state index in [4.69, 9.17) is 9.47 Å². The van der Waals surface area contributed by atoms with Crippen LogP contribution >= 0.6 is 0 Å². The first-order valence-electron chi connectivity index (χ1n) is 7.41. The van der Waals surface area contributed by atoms with Gasteiger partial charge in [-0.2, -0.15) is 0 Å². The zero-order chi connectivity index (χ0) is 14.5. The van der Waals surface area contributed by atoms with Gasteiger partial charge >= 0.3 is 11.9 Å². The van der Waals surface area contributed by atoms with Crippen LogP contribution in [0.2, 0.25) is 0 Å². The molecule has 0 radical (unpaired) electrons. The highest BCUT2D eigenvalue weighted by Crippen LogP contribution is 2.12. The van der Waals surface area contributed by atoms with E-state index in [-0.39, 0.29) is 17.9 Å². The zero-order valence-corrected chi connectivity index (χ0v) is 12.6. The highest BCUT2D eigenvalue weighted by atomic mass is 16.5. The molecule has 0 aliphatic carbocycles. The van der Waals surface area contributed by atoms with Crippen molar-refractivity contribution in [3.63, 3.8) is 0 Å². The third-order valence-corrected chi connectivity index (χ3v) is 2.88. The van der Waals surface area contributed by atoms with Crippen LogP contribution in [0.15, 0.2) is 0 Å². The van der Waals surface area contributed by atoms with E-state index in [0.717, 1.165) is 25.7 Å². The summed E-state index contributed by atoms with van der Waals surface area (Å²) in [5.41, 5.74) is 0. The lowest BCUT2D eigenvalue weighted by atomic mass is 10.0. The molecule has 0 aromatic rings. The summed E-state index contributed by atoms with van der Waals surface area (Å²) < 4.78 is 10.1. The molecule has 112 valence electrons. The molecular formula is C15H28O4. The summed E-state index contributed by atoms with van der Waals surface area (Å²) in [5, 5.41) is 0. The molecule has 1 unspecified atom stereocenters. The van der Waals surface area contributed by atoms with Gasteiger partial charge < -0.3 is 9.47 Å². The van der Waals surface area contributed by atoms with Crippen LogP contribution in [0.25, 0.3) is 0 Å². The SMILES string of the molecule is CCCCOC(=O)CCC(C)CC(=O)OCCCC. The summed E-state index contributed by atoms with van der Waals surface area (Å²) in [6, 6.07) is 0. The van der Waals surface area contributed by atoms with Crippen molar-refractivity contribution in [3.05, 3.63) is 0 Å². The molecule has 0 rings (SSSR count). The minimum atomic E-state index is -0.167. The van der Waals surface area contributed by atoms with Crippen molar-refractivity contribution in [2.45, 2.75) is 65.7 Å². The lowest BCUT2D eigenvalue weighted by molar-refractivity contribution is -0.147. The quantitative estimate of drug-likeness (QED) is 0.427. The predicted octanol–water partition coefficient (Wildman–Crippen LogP) is 3.48. The molecule has 0 N–H and O–H groups in total. The Morgan fingerprint density at radius 2 is 1.47 bits per heavy atom. The molecule has 0 bridgehead atoms. The lowest BCUT2D eigenvalue weighted by Crippen LogP contribution is -2.12. The van der Waals surface area contributed by atoms with Crippen LogP contribution in [0.3, 0.4) is 0 Å². The summed E-state index contributed by atoms with van der Waals surface area (Å²) in [6.07, 6.45) is 5.29. The molecule has 0 amide bonds. The molecule has 0 fully saturated rings. The molecular weight excluding hydrogens is 244 g/mol. The van der Waals surface area contributed by atoms with Crippen molar-refractivity contribution in [3.8, 4) is 0 Å². The van der Waals surface area contributed by atoms with Crippen molar-refractivity contribution >= 4 is 11.9 Å². The zero-order valence-electron chi connectivity index (χ0n) is 12.6. The third kappa shape index (κ3) is 11.7. The Balaban J connectivity index is 3.59. The van der Waals surface area contributed by atoms with Crippen molar-refractivity contribution in [2.75, 3.05) is 13.2 Å². The van der Waals surface area contributed by atoms with E-state index in [9.17, 15) is 9.59 Å². The fraction of sp³-hybridized carbons (Fsp3) is 0.867. The summed E-state index contributed by atoms with van der Waals surface area (Å²) in [5.74, 6) is -0.173. The van der Waals surface area contributed by atoms with E-state index >= 15 is 0 Å². The summed E-state index contributed by atoms with van der Waals surface area (Å²) >= 11 is 0. The van der Waals surface area contributed by atoms with Crippen molar-refractivity contribution in [1.29, 1.82) is 0 Å². The maximum Gasteiger partial charge on any atom is 0.306 e. The van der Waals surface area contributed by atoms with Gasteiger partial charge in [0.2, 0.25) is 0 Å². The van der Waals surface area contributed by atoms with Gasteiger partial charge in [-0.25, -0.2) is 0 Å². The van der Waals surface area contributed by atoms with E-state index in [0.29, 0.717) is 32.5 Å². The Bertz CT molecular complexity index is 251. The summed E-state index contributed by atoms with van der Waals surface area (Å²) in [7, 11) is 0. The standard InChI is InChI=1S/C15H28O4/c1-4-6-10-18-14(16)9-8-13(3)12-15(17)19-11-7-5-2/h13H,4-12H2,1-3H3. The Morgan fingerprint density at radius 3 is 2.00 bits per heavy atom. The maximum atomic E-state index is 11.4. The molecule has 0 aliphatic heterocycles. The van der Waals surface area contributed by atoms with Crippen LogP contribution in [0.5, 0.6) is 0 Å². The molecule has 1 atom stereocenters. The van der Waals surface area contributed by atoms with Crippen molar-refractivity contribution < 1.29 is 19.1 Å². The van der Waals surface area contributed by atoms with Gasteiger partial charge in [0, 0.05) is 12.8 Å². The van der Waals surface area contributed by atoms with Gasteiger partial charge in [-0.15, -0.1) is 0 Å². The number of carbonyl (C=O) groups is 2. The van der Waals surface area contributed by atoms with E-state index < -0.39 is 0 Å². The number of esters is 2. The van der Waals surface area contributed by atoms with E-state index in [2.05, 4.69) is 13.8 Å². The van der Waals surface area contributed by atoms with Crippen LogP contribution in [0.1, 0.15) is 65.7 Å². The van der Waals surface area contributed by atoms with Crippen molar-refractivity contribution in [1.82, 2.24) is 0 Å². The average molecular weight is 272 g/mol. The van der Waals surface area contributed by atoms with Gasteiger partial charge in [0.25, 0.3) is 0 Å². The van der Waals surface area contributed by atoms with Crippen LogP contribution in [0, 0.1) is 5.92 Å². The highest BCUT2D eigenvalue weighted by Gasteiger charge is 2.12. The summed E-state index contributed by atoms with van der Waals surface area (Å²) in [6.45, 7) is 7.07. The number of ether oxygens (including phenoxy) is 2. The molecule has 0 spiro atoms. The number of carbonyl (C=O) groups excluding carboxylic acids is 2. The van der Waals surface area contributed by atoms with Gasteiger partial charge in [-0.05, 0) is 25.2 Å². The molecule has 0 aromatic heterocycles. The Morgan fingerprint density at radius 1 is 0.947 bits per heavy atom. The molecule has 0 aliphatic rings. The fourth-order valence-electron chi connectivity index (χ4n) is 1.54. The fourth-order valence-corrected chi connectivity index (χ4v) is 1.54. The number of hydrogen-bond donors (Lipinski definition) is 0. The van der Waals surface area contributed by atoms with Gasteiger partial charge in [0.15, 0.2) is 0 Å². The molecule has 4 heteroatoms. The van der Waals surface area contributed by atoms with E-state index in [1.165, 1.54) is 0 Å². The topological polar surface area (TPSA) is 52.6 Å². The molecule has 4 nitrogen and oxygen atoms in total. The molecule has 19 heavy (non-hydrogen) atoms. The minimum absolute atomic E-state index is 0.160. The normalized spacial score (nSPS) is 11.9. The lowest BCUT2D eigenvalue weighted by Gasteiger charge is -2.10. The third-order valence-electron chi connectivity index (χ3n) is 2.88. The Labute approximate surface area is 116 Å². The number of rotatable bonds is 11. The van der Waals surface area contributed by atoms with Gasteiger partial charge in [0.05, 0.1) is 13.2 Å². The Hall–Kier alpha value is -1.06. The minimum Gasteiger partial charge on any atom is -0.466 e. The summed E-state index contributed by atoms with van der Waals surface area (Å²) in [4.78, 5) is 22.8. The van der Waals surface area contributed by atoms with Crippen LogP contribution in [-0.4, -0.2) is 25.2 Å². The molecule has 0 aromatic carbocycles. The first kappa shape index (κ1) is 17.9. The van der Waals surface area contributed by atoms with Gasteiger partial charge in [0.1, 0.15) is 0 Å². The first-order valence-corrected chi connectivity index (χ1v) is 7.41. The first-order chi connectivity index (χ1) is 9.10. The van der Waals surface area contributed by atoms with E-state index in [1.54, 1.807) is 0 Å². The second-order valence-electron chi connectivity index (χ2n) is 5.00. The Kier molecular flexibility index (Phi) is 11.3. The van der Waals surface area contributed by atoms with Gasteiger partial charge in [-0.1, -0.05) is 33.6 Å². The number of unbranched alkanes of at least 4 members (excludes halogenated alkanes) is 2. The van der Waals surface area contributed by atoms with E-state index in [1.807, 2.05) is 6.92 Å². The highest BCUT2D eigenvalue weighted by molar-refractivity contribution is 5.70. The molecule has 0 saturated carbocycles. The van der Waals surface area contributed by atoms with Crippen LogP contribution < -0.4 is 0 Å². The van der Waals surface area contributed by atoms with Gasteiger partial charge in [-0.3, -0.25) is 9.59 Å². The molecule has 0 saturated heterocycles. The smallest absolute Gasteiger partial charge is 0.306 e. The average Bonchev–Trinajstić information content (AvgIpc) is 2.37. The monoisotopic (exact) mass is 272 g/mol. The van der Waals surface area contributed by atoms with Crippen molar-refractivity contribution in [2.24, 2.45) is 5.92 Å². The second-order valence-corrected chi connectivity index (χ2v) is 5.00. The molecule has 0 heterocycles. The largest absolute Gasteiger partial charge is 0.466 e.